The van der Waals surface area contributed by atoms with Crippen LogP contribution >= 0.6 is 11.6 Å². The molecule has 2 aromatic carbocycles. The van der Waals surface area contributed by atoms with Crippen LogP contribution in [0.1, 0.15) is 65.7 Å². The Balaban J connectivity index is 2.54. The van der Waals surface area contributed by atoms with E-state index in [4.69, 9.17) is 25.8 Å². The minimum atomic E-state index is -0.346. The summed E-state index contributed by atoms with van der Waals surface area (Å²) in [7, 11) is 0. The number of halogens is 1. The van der Waals surface area contributed by atoms with Gasteiger partial charge in [-0.2, -0.15) is 0 Å². The van der Waals surface area contributed by atoms with Gasteiger partial charge in [-0.25, -0.2) is 0 Å². The topological polar surface area (TPSA) is 61.8 Å². The molecule has 0 radical (unpaired) electrons. The number of benzene rings is 2. The molecule has 0 aliphatic carbocycles. The molecule has 2 rings (SSSR count). The number of hydrogen-bond acceptors (Lipinski definition) is 5. The smallest absolute Gasteiger partial charge is 0.311 e. The van der Waals surface area contributed by atoms with Gasteiger partial charge in [-0.05, 0) is 25.3 Å². The summed E-state index contributed by atoms with van der Waals surface area (Å²) in [6, 6.07) is 6.86. The Labute approximate surface area is 177 Å². The van der Waals surface area contributed by atoms with E-state index in [2.05, 4.69) is 6.92 Å². The molecule has 0 aliphatic rings. The molecule has 0 amide bonds. The number of ether oxygens (including phenoxy) is 3. The first-order valence-electron chi connectivity index (χ1n) is 10.3. The summed E-state index contributed by atoms with van der Waals surface area (Å²) in [5, 5.41) is 1.51. The van der Waals surface area contributed by atoms with Crippen molar-refractivity contribution in [2.45, 2.75) is 65.7 Å². The van der Waals surface area contributed by atoms with Crippen LogP contribution in [0.3, 0.4) is 0 Å². The van der Waals surface area contributed by atoms with Crippen molar-refractivity contribution >= 4 is 34.3 Å². The Bertz CT molecular complexity index is 847. The molecule has 0 saturated heterocycles. The van der Waals surface area contributed by atoms with Gasteiger partial charge in [-0.3, -0.25) is 9.59 Å². The maximum atomic E-state index is 12.2. The van der Waals surface area contributed by atoms with Crippen LogP contribution in [0.5, 0.6) is 17.2 Å². The fourth-order valence-electron chi connectivity index (χ4n) is 2.93. The molecular formula is C23H29ClO5. The van der Waals surface area contributed by atoms with E-state index in [1.807, 2.05) is 13.8 Å². The zero-order chi connectivity index (χ0) is 21.2. The van der Waals surface area contributed by atoms with E-state index in [1.165, 1.54) is 0 Å². The van der Waals surface area contributed by atoms with Crippen LogP contribution in [0.25, 0.3) is 10.8 Å². The van der Waals surface area contributed by atoms with Crippen LogP contribution in [0.4, 0.5) is 0 Å². The van der Waals surface area contributed by atoms with Crippen molar-refractivity contribution in [3.8, 4) is 17.2 Å². The normalized spacial score (nSPS) is 10.8. The highest BCUT2D eigenvalue weighted by Gasteiger charge is 2.21. The predicted molar refractivity (Wildman–Crippen MR) is 115 cm³/mol. The van der Waals surface area contributed by atoms with E-state index in [9.17, 15) is 9.59 Å². The lowest BCUT2D eigenvalue weighted by Gasteiger charge is -2.17. The van der Waals surface area contributed by atoms with Crippen molar-refractivity contribution in [2.24, 2.45) is 0 Å². The van der Waals surface area contributed by atoms with Gasteiger partial charge in [0.1, 0.15) is 5.75 Å². The molecule has 5 nitrogen and oxygen atoms in total. The summed E-state index contributed by atoms with van der Waals surface area (Å²) in [4.78, 5) is 24.4. The zero-order valence-corrected chi connectivity index (χ0v) is 18.1. The van der Waals surface area contributed by atoms with E-state index in [1.54, 1.807) is 24.3 Å². The molecule has 0 heterocycles. The third-order valence-corrected chi connectivity index (χ3v) is 4.66. The largest absolute Gasteiger partial charge is 0.490 e. The molecule has 0 aliphatic heterocycles. The van der Waals surface area contributed by atoms with Crippen LogP contribution in [-0.2, 0) is 9.59 Å². The first-order chi connectivity index (χ1) is 14.0. The molecule has 0 saturated carbocycles. The Morgan fingerprint density at radius 3 is 2.24 bits per heavy atom. The number of carbonyl (C=O) groups excluding carboxylic acids is 2. The second-order valence-corrected chi connectivity index (χ2v) is 7.28. The summed E-state index contributed by atoms with van der Waals surface area (Å²) in [5.74, 6) is 0.307. The zero-order valence-electron chi connectivity index (χ0n) is 17.4. The molecule has 0 atom stereocenters. The summed E-state index contributed by atoms with van der Waals surface area (Å²) in [5.41, 5.74) is 0. The first kappa shape index (κ1) is 23.0. The second-order valence-electron chi connectivity index (χ2n) is 6.87. The average molecular weight is 421 g/mol. The average Bonchev–Trinajstić information content (AvgIpc) is 2.68. The van der Waals surface area contributed by atoms with Crippen LogP contribution in [0.2, 0.25) is 5.02 Å². The first-order valence-corrected chi connectivity index (χ1v) is 10.7. The minimum Gasteiger partial charge on any atom is -0.490 e. The Morgan fingerprint density at radius 1 is 0.897 bits per heavy atom. The highest BCUT2D eigenvalue weighted by molar-refractivity contribution is 6.36. The van der Waals surface area contributed by atoms with Gasteiger partial charge in [0.25, 0.3) is 0 Å². The lowest BCUT2D eigenvalue weighted by atomic mass is 10.1. The van der Waals surface area contributed by atoms with Gasteiger partial charge in [-0.1, -0.05) is 57.3 Å². The Hall–Kier alpha value is -2.27. The van der Waals surface area contributed by atoms with Crippen LogP contribution in [0.15, 0.2) is 24.3 Å². The SMILES string of the molecule is CCCCCOc1cc(OC(=O)CCC)c2c(Cl)cccc2c1OC(=O)CCC. The van der Waals surface area contributed by atoms with Crippen LogP contribution in [0, 0.1) is 0 Å². The molecule has 0 spiro atoms. The molecular weight excluding hydrogens is 392 g/mol. The van der Waals surface area contributed by atoms with Crippen molar-refractivity contribution in [1.82, 2.24) is 0 Å². The van der Waals surface area contributed by atoms with Gasteiger partial charge in [0, 0.05) is 29.7 Å². The van der Waals surface area contributed by atoms with Gasteiger partial charge in [0.15, 0.2) is 11.5 Å². The van der Waals surface area contributed by atoms with Gasteiger partial charge in [0.05, 0.1) is 11.6 Å². The summed E-state index contributed by atoms with van der Waals surface area (Å²) < 4.78 is 17.2. The fourth-order valence-corrected chi connectivity index (χ4v) is 3.19. The molecule has 6 heteroatoms. The van der Waals surface area contributed by atoms with E-state index in [0.29, 0.717) is 65.3 Å². The lowest BCUT2D eigenvalue weighted by molar-refractivity contribution is -0.135. The van der Waals surface area contributed by atoms with Crippen LogP contribution in [-0.4, -0.2) is 18.5 Å². The summed E-state index contributed by atoms with van der Waals surface area (Å²) in [6.45, 7) is 6.40. The van der Waals surface area contributed by atoms with E-state index in [-0.39, 0.29) is 11.9 Å². The number of fused-ring (bicyclic) bond motifs is 1. The van der Waals surface area contributed by atoms with Crippen molar-refractivity contribution in [3.63, 3.8) is 0 Å². The standard InChI is InChI=1S/C23H29ClO5/c1-4-7-8-14-27-19-15-18(28-20(25)10-5-2)22-16(12-9-13-17(22)24)23(19)29-21(26)11-6-3/h9,12-13,15H,4-8,10-11,14H2,1-3H3. The predicted octanol–water partition coefficient (Wildman–Crippen LogP) is 6.47. The van der Waals surface area contributed by atoms with Crippen molar-refractivity contribution < 1.29 is 23.8 Å². The van der Waals surface area contributed by atoms with Gasteiger partial charge < -0.3 is 14.2 Å². The molecule has 0 aromatic heterocycles. The molecule has 158 valence electrons. The molecule has 29 heavy (non-hydrogen) atoms. The van der Waals surface area contributed by atoms with Gasteiger partial charge in [0.2, 0.25) is 0 Å². The highest BCUT2D eigenvalue weighted by Crippen LogP contribution is 2.45. The Kier molecular flexibility index (Phi) is 9.26. The second kappa shape index (κ2) is 11.7. The van der Waals surface area contributed by atoms with E-state index < -0.39 is 0 Å². The molecule has 0 bridgehead atoms. The molecule has 0 N–H and O–H groups in total. The van der Waals surface area contributed by atoms with Crippen molar-refractivity contribution in [2.75, 3.05) is 6.61 Å². The lowest BCUT2D eigenvalue weighted by Crippen LogP contribution is -2.11. The maximum absolute atomic E-state index is 12.2. The quantitative estimate of drug-likeness (QED) is 0.236. The summed E-state index contributed by atoms with van der Waals surface area (Å²) in [6.07, 6.45) is 4.92. The maximum Gasteiger partial charge on any atom is 0.311 e. The molecule has 0 unspecified atom stereocenters. The molecule has 2 aromatic rings. The Morgan fingerprint density at radius 2 is 1.59 bits per heavy atom. The number of unbranched alkanes of at least 4 members (excludes halogenated alkanes) is 2. The van der Waals surface area contributed by atoms with Crippen molar-refractivity contribution in [3.05, 3.63) is 29.3 Å². The van der Waals surface area contributed by atoms with E-state index >= 15 is 0 Å². The monoisotopic (exact) mass is 420 g/mol. The third kappa shape index (κ3) is 6.36. The van der Waals surface area contributed by atoms with Gasteiger partial charge >= 0.3 is 11.9 Å². The van der Waals surface area contributed by atoms with Crippen LogP contribution < -0.4 is 14.2 Å². The minimum absolute atomic E-state index is 0.296. The number of rotatable bonds is 11. The third-order valence-electron chi connectivity index (χ3n) is 4.34. The summed E-state index contributed by atoms with van der Waals surface area (Å²) >= 11 is 6.42. The van der Waals surface area contributed by atoms with Crippen molar-refractivity contribution in [1.29, 1.82) is 0 Å². The van der Waals surface area contributed by atoms with E-state index in [0.717, 1.165) is 19.3 Å². The highest BCUT2D eigenvalue weighted by atomic mass is 35.5. The number of carbonyl (C=O) groups is 2. The van der Waals surface area contributed by atoms with Gasteiger partial charge in [-0.15, -0.1) is 0 Å². The molecule has 0 fully saturated rings. The fraction of sp³-hybridized carbons (Fsp3) is 0.478. The number of hydrogen-bond donors (Lipinski definition) is 0. The number of esters is 2.